The topological polar surface area (TPSA) is 55.1 Å². The summed E-state index contributed by atoms with van der Waals surface area (Å²) >= 11 is 1.66. The van der Waals surface area contributed by atoms with E-state index in [-0.39, 0.29) is 11.4 Å². The highest BCUT2D eigenvalue weighted by molar-refractivity contribution is 7.99. The lowest BCUT2D eigenvalue weighted by Crippen LogP contribution is -2.60. The van der Waals surface area contributed by atoms with Crippen LogP contribution in [0.4, 0.5) is 0 Å². The third kappa shape index (κ3) is 3.04. The van der Waals surface area contributed by atoms with E-state index >= 15 is 0 Å². The minimum Gasteiger partial charge on any atom is -0.361 e. The molecule has 0 aliphatic heterocycles. The quantitative estimate of drug-likeness (QED) is 0.894. The zero-order valence-corrected chi connectivity index (χ0v) is 14.9. The lowest BCUT2D eigenvalue weighted by Gasteiger charge is -2.56. The molecule has 0 aromatic carbocycles. The van der Waals surface area contributed by atoms with Crippen LogP contribution in [0.5, 0.6) is 0 Å². The maximum absolute atomic E-state index is 12.5. The van der Waals surface area contributed by atoms with Crippen molar-refractivity contribution >= 4 is 17.7 Å². The fourth-order valence-electron chi connectivity index (χ4n) is 5.55. The van der Waals surface area contributed by atoms with Gasteiger partial charge in [-0.1, -0.05) is 5.16 Å². The number of hydrogen-bond acceptors (Lipinski definition) is 4. The summed E-state index contributed by atoms with van der Waals surface area (Å²) in [6.07, 6.45) is 7.90. The number of nitrogens with zero attached hydrogens (tertiary/aromatic N) is 1. The van der Waals surface area contributed by atoms with Gasteiger partial charge in [0, 0.05) is 16.9 Å². The molecule has 0 atom stereocenters. The number of thioether (sulfide) groups is 1. The Hall–Kier alpha value is -0.970. The van der Waals surface area contributed by atoms with Crippen molar-refractivity contribution in [2.24, 2.45) is 17.8 Å². The van der Waals surface area contributed by atoms with Crippen molar-refractivity contribution in [3.8, 4) is 0 Å². The van der Waals surface area contributed by atoms with Crippen LogP contribution in [0.25, 0.3) is 0 Å². The Balaban J connectivity index is 1.30. The number of carbonyl (C=O) groups excluding carboxylic acids is 1. The largest absolute Gasteiger partial charge is 0.361 e. The molecular weight excluding hydrogens is 308 g/mol. The molecule has 0 radical (unpaired) electrons. The molecule has 4 saturated carbocycles. The van der Waals surface area contributed by atoms with Gasteiger partial charge in [0.2, 0.25) is 5.91 Å². The van der Waals surface area contributed by atoms with Gasteiger partial charge in [0.15, 0.2) is 0 Å². The van der Waals surface area contributed by atoms with Crippen LogP contribution in [0.15, 0.2) is 4.52 Å². The molecule has 5 rings (SSSR count). The minimum atomic E-state index is 0.134. The molecule has 1 N–H and O–H groups in total. The highest BCUT2D eigenvalue weighted by Gasteiger charge is 2.51. The molecule has 0 spiro atoms. The first kappa shape index (κ1) is 15.6. The van der Waals surface area contributed by atoms with Crippen LogP contribution < -0.4 is 5.32 Å². The minimum absolute atomic E-state index is 0.134. The van der Waals surface area contributed by atoms with Gasteiger partial charge in [-0.2, -0.15) is 0 Å². The van der Waals surface area contributed by atoms with Crippen molar-refractivity contribution in [1.29, 1.82) is 0 Å². The second-order valence-corrected chi connectivity index (χ2v) is 9.03. The van der Waals surface area contributed by atoms with Gasteiger partial charge in [-0.25, -0.2) is 0 Å². The third-order valence-electron chi connectivity index (χ3n) is 6.10. The molecule has 1 amide bonds. The summed E-state index contributed by atoms with van der Waals surface area (Å²) in [6, 6.07) is 0. The molecule has 1 heterocycles. The molecule has 4 fully saturated rings. The summed E-state index contributed by atoms with van der Waals surface area (Å²) in [4.78, 5) is 12.5. The predicted molar refractivity (Wildman–Crippen MR) is 91.2 cm³/mol. The molecule has 126 valence electrons. The fraction of sp³-hybridized carbons (Fsp3) is 0.778. The standard InChI is InChI=1S/C18H26N2O2S/c1-11-16(12(2)22-20-11)9-23-10-17(21)19-18-6-13-3-14(7-18)5-15(4-13)8-18/h13-15H,3-10H2,1-2H3,(H,19,21). The van der Waals surface area contributed by atoms with Crippen LogP contribution in [0.2, 0.25) is 0 Å². The molecular formula is C18H26N2O2S. The van der Waals surface area contributed by atoms with E-state index in [0.29, 0.717) is 5.75 Å². The summed E-state index contributed by atoms with van der Waals surface area (Å²) in [6.45, 7) is 3.90. The Bertz CT molecular complexity index is 555. The molecule has 23 heavy (non-hydrogen) atoms. The van der Waals surface area contributed by atoms with Crippen molar-refractivity contribution in [2.75, 3.05) is 5.75 Å². The Kier molecular flexibility index (Phi) is 3.94. The summed E-state index contributed by atoms with van der Waals surface area (Å²) in [5.74, 6) is 5.03. The van der Waals surface area contributed by atoms with Gasteiger partial charge in [0.1, 0.15) is 5.76 Å². The number of rotatable bonds is 5. The average molecular weight is 334 g/mol. The van der Waals surface area contributed by atoms with E-state index in [4.69, 9.17) is 4.52 Å². The maximum Gasteiger partial charge on any atom is 0.230 e. The molecule has 1 aromatic rings. The highest BCUT2D eigenvalue weighted by atomic mass is 32.2. The van der Waals surface area contributed by atoms with Gasteiger partial charge >= 0.3 is 0 Å². The van der Waals surface area contributed by atoms with Crippen LogP contribution in [0.3, 0.4) is 0 Å². The Morgan fingerprint density at radius 3 is 2.35 bits per heavy atom. The van der Waals surface area contributed by atoms with E-state index < -0.39 is 0 Å². The molecule has 4 aliphatic carbocycles. The van der Waals surface area contributed by atoms with Crippen molar-refractivity contribution in [2.45, 2.75) is 63.7 Å². The van der Waals surface area contributed by atoms with Crippen molar-refractivity contribution in [1.82, 2.24) is 10.5 Å². The highest BCUT2D eigenvalue weighted by Crippen LogP contribution is 2.55. The second kappa shape index (κ2) is 5.83. The predicted octanol–water partition coefficient (Wildman–Crippen LogP) is 3.61. The first-order valence-corrected chi connectivity index (χ1v) is 9.99. The van der Waals surface area contributed by atoms with Crippen LogP contribution in [0.1, 0.15) is 55.5 Å². The lowest BCUT2D eigenvalue weighted by atomic mass is 9.53. The summed E-state index contributed by atoms with van der Waals surface area (Å²) in [5.41, 5.74) is 2.21. The van der Waals surface area contributed by atoms with E-state index in [9.17, 15) is 4.79 Å². The number of aryl methyl sites for hydroxylation is 2. The molecule has 4 bridgehead atoms. The smallest absolute Gasteiger partial charge is 0.230 e. The number of amides is 1. The second-order valence-electron chi connectivity index (χ2n) is 8.04. The van der Waals surface area contributed by atoms with Crippen LogP contribution >= 0.6 is 11.8 Å². The third-order valence-corrected chi connectivity index (χ3v) is 7.06. The summed E-state index contributed by atoms with van der Waals surface area (Å²) < 4.78 is 5.18. The molecule has 4 nitrogen and oxygen atoms in total. The van der Waals surface area contributed by atoms with Crippen molar-refractivity contribution in [3.63, 3.8) is 0 Å². The van der Waals surface area contributed by atoms with Gasteiger partial charge < -0.3 is 9.84 Å². The summed E-state index contributed by atoms with van der Waals surface area (Å²) in [5, 5.41) is 7.41. The van der Waals surface area contributed by atoms with Crippen LogP contribution in [0, 0.1) is 31.6 Å². The van der Waals surface area contributed by atoms with Crippen molar-refractivity contribution < 1.29 is 9.32 Å². The van der Waals surface area contributed by atoms with Crippen LogP contribution in [-0.4, -0.2) is 22.4 Å². The molecule has 4 aliphatic rings. The van der Waals surface area contributed by atoms with Gasteiger partial charge in [0.25, 0.3) is 0 Å². The zero-order valence-electron chi connectivity index (χ0n) is 14.1. The van der Waals surface area contributed by atoms with Gasteiger partial charge in [0.05, 0.1) is 11.4 Å². The van der Waals surface area contributed by atoms with E-state index in [2.05, 4.69) is 10.5 Å². The van der Waals surface area contributed by atoms with Gasteiger partial charge in [-0.05, 0) is 70.1 Å². The molecule has 5 heteroatoms. The van der Waals surface area contributed by atoms with E-state index in [1.54, 1.807) is 11.8 Å². The monoisotopic (exact) mass is 334 g/mol. The first-order chi connectivity index (χ1) is 11.0. The molecule has 0 unspecified atom stereocenters. The van der Waals surface area contributed by atoms with Gasteiger partial charge in [-0.15, -0.1) is 11.8 Å². The first-order valence-electron chi connectivity index (χ1n) is 8.83. The summed E-state index contributed by atoms with van der Waals surface area (Å²) in [7, 11) is 0. The normalized spacial score (nSPS) is 34.8. The number of carbonyl (C=O) groups is 1. The Morgan fingerprint density at radius 1 is 1.22 bits per heavy atom. The van der Waals surface area contributed by atoms with E-state index in [0.717, 1.165) is 40.5 Å². The SMILES string of the molecule is Cc1noc(C)c1CSCC(=O)NC12CC3CC(CC(C3)C1)C2. The van der Waals surface area contributed by atoms with Crippen LogP contribution in [-0.2, 0) is 10.5 Å². The van der Waals surface area contributed by atoms with Crippen molar-refractivity contribution in [3.05, 3.63) is 17.0 Å². The van der Waals surface area contributed by atoms with E-state index in [1.807, 2.05) is 13.8 Å². The number of nitrogens with one attached hydrogen (secondary N) is 1. The molecule has 0 saturated heterocycles. The maximum atomic E-state index is 12.5. The Labute approximate surface area is 142 Å². The zero-order chi connectivity index (χ0) is 16.0. The van der Waals surface area contributed by atoms with Gasteiger partial charge in [-0.3, -0.25) is 4.79 Å². The number of aromatic nitrogens is 1. The lowest BCUT2D eigenvalue weighted by molar-refractivity contribution is -0.124. The molecule has 1 aromatic heterocycles. The number of hydrogen-bond donors (Lipinski definition) is 1. The Morgan fingerprint density at radius 2 is 1.83 bits per heavy atom. The average Bonchev–Trinajstić information content (AvgIpc) is 2.77. The fourth-order valence-corrected chi connectivity index (χ4v) is 6.53. The van der Waals surface area contributed by atoms with E-state index in [1.165, 1.54) is 38.5 Å².